The van der Waals surface area contributed by atoms with Gasteiger partial charge in [-0.25, -0.2) is 13.8 Å². The average Bonchev–Trinajstić information content (AvgIpc) is 3.18. The molecule has 0 saturated carbocycles. The van der Waals surface area contributed by atoms with Crippen LogP contribution >= 0.6 is 0 Å². The smallest absolute Gasteiger partial charge is 0.336 e. The van der Waals surface area contributed by atoms with Gasteiger partial charge in [0.1, 0.15) is 23.6 Å². The summed E-state index contributed by atoms with van der Waals surface area (Å²) < 4.78 is 113. The maximum absolute atomic E-state index is 14.3. The number of hydrogen-bond donors (Lipinski definition) is 0. The number of alkyl halides is 6. The maximum Gasteiger partial charge on any atom is 0.426 e. The Hall–Kier alpha value is -3.96. The molecule has 0 aromatic heterocycles. The molecule has 0 saturated heterocycles. The van der Waals surface area contributed by atoms with Crippen molar-refractivity contribution in [3.05, 3.63) is 95.6 Å². The number of halogens is 8. The third-order valence-corrected chi connectivity index (χ3v) is 6.33. The van der Waals surface area contributed by atoms with E-state index in [-0.39, 0.29) is 16.7 Å². The molecule has 0 N–H and O–H groups in total. The quantitative estimate of drug-likeness (QED) is 0.365. The Bertz CT molecular complexity index is 1350. The number of hydrogen-bond acceptors (Lipinski definition) is 3. The lowest BCUT2D eigenvalue weighted by Gasteiger charge is -2.42. The SMILES string of the molecule is CN(C(=O)c1ccc(-c2ccccc2F)cc1)C1N(C)C(c2ccc(F)cc2)=NC1(C(F)(F)F)C(F)(F)F. The first-order chi connectivity index (χ1) is 17.7. The second-order valence-electron chi connectivity index (χ2n) is 8.66. The van der Waals surface area contributed by atoms with Gasteiger partial charge < -0.3 is 9.80 Å². The number of nitrogens with zero attached hydrogens (tertiary/aromatic N) is 3. The largest absolute Gasteiger partial charge is 0.426 e. The molecule has 38 heavy (non-hydrogen) atoms. The minimum Gasteiger partial charge on any atom is -0.336 e. The van der Waals surface area contributed by atoms with Crippen LogP contribution in [0.2, 0.25) is 0 Å². The van der Waals surface area contributed by atoms with Crippen LogP contribution in [0.4, 0.5) is 35.1 Å². The fourth-order valence-electron chi connectivity index (χ4n) is 4.49. The van der Waals surface area contributed by atoms with Crippen molar-refractivity contribution in [1.82, 2.24) is 9.80 Å². The van der Waals surface area contributed by atoms with Gasteiger partial charge in [0, 0.05) is 30.8 Å². The van der Waals surface area contributed by atoms with Crippen molar-refractivity contribution in [3.8, 4) is 11.1 Å². The Kier molecular flexibility index (Phi) is 6.71. The lowest BCUT2D eigenvalue weighted by molar-refractivity contribution is -0.311. The first-order valence-corrected chi connectivity index (χ1v) is 11.0. The molecule has 0 spiro atoms. The number of carbonyl (C=O) groups is 1. The van der Waals surface area contributed by atoms with Crippen LogP contribution in [0.3, 0.4) is 0 Å². The number of aliphatic imine (C=N–C) groups is 1. The van der Waals surface area contributed by atoms with E-state index in [2.05, 4.69) is 4.99 Å². The van der Waals surface area contributed by atoms with Gasteiger partial charge >= 0.3 is 12.4 Å². The molecule has 4 rings (SSSR count). The molecule has 1 aliphatic rings. The molecule has 4 nitrogen and oxygen atoms in total. The molecule has 0 aliphatic carbocycles. The van der Waals surface area contributed by atoms with Crippen LogP contribution in [0.25, 0.3) is 11.1 Å². The van der Waals surface area contributed by atoms with E-state index in [0.29, 0.717) is 15.4 Å². The van der Waals surface area contributed by atoms with Gasteiger partial charge in [0.2, 0.25) is 0 Å². The van der Waals surface area contributed by atoms with Crippen LogP contribution in [-0.4, -0.2) is 59.7 Å². The number of amides is 1. The minimum atomic E-state index is -5.96. The number of carbonyl (C=O) groups excluding carboxylic acids is 1. The summed E-state index contributed by atoms with van der Waals surface area (Å²) in [6.07, 6.45) is -14.6. The van der Waals surface area contributed by atoms with E-state index in [1.807, 2.05) is 0 Å². The van der Waals surface area contributed by atoms with Gasteiger partial charge in [0.05, 0.1) is 0 Å². The van der Waals surface area contributed by atoms with Crippen molar-refractivity contribution in [2.75, 3.05) is 14.1 Å². The van der Waals surface area contributed by atoms with E-state index in [1.165, 1.54) is 42.5 Å². The fraction of sp³-hybridized carbons (Fsp3) is 0.231. The van der Waals surface area contributed by atoms with Crippen molar-refractivity contribution in [3.63, 3.8) is 0 Å². The minimum absolute atomic E-state index is 0.195. The van der Waals surface area contributed by atoms with Gasteiger partial charge in [-0.1, -0.05) is 30.3 Å². The Morgan fingerprint density at radius 2 is 1.37 bits per heavy atom. The lowest BCUT2D eigenvalue weighted by atomic mass is 9.93. The summed E-state index contributed by atoms with van der Waals surface area (Å²) in [5.41, 5.74) is -4.59. The predicted octanol–water partition coefficient (Wildman–Crippen LogP) is 6.29. The highest BCUT2D eigenvalue weighted by Crippen LogP contribution is 2.53. The van der Waals surface area contributed by atoms with E-state index >= 15 is 0 Å². The molecule has 12 heteroatoms. The van der Waals surface area contributed by atoms with Crippen LogP contribution in [0.5, 0.6) is 0 Å². The molecule has 1 unspecified atom stereocenters. The summed E-state index contributed by atoms with van der Waals surface area (Å²) in [4.78, 5) is 17.2. The Morgan fingerprint density at radius 1 is 0.842 bits per heavy atom. The zero-order valence-corrected chi connectivity index (χ0v) is 19.8. The number of likely N-dealkylation sites (N-methyl/N-ethyl adjacent to an activating group) is 2. The summed E-state index contributed by atoms with van der Waals surface area (Å²) in [5.74, 6) is -3.19. The zero-order valence-electron chi connectivity index (χ0n) is 19.8. The van der Waals surface area contributed by atoms with Crippen LogP contribution in [0.15, 0.2) is 77.8 Å². The highest BCUT2D eigenvalue weighted by molar-refractivity contribution is 6.02. The fourth-order valence-corrected chi connectivity index (χ4v) is 4.49. The van der Waals surface area contributed by atoms with E-state index in [1.54, 1.807) is 6.07 Å². The van der Waals surface area contributed by atoms with Crippen LogP contribution < -0.4 is 0 Å². The second kappa shape index (κ2) is 9.41. The highest BCUT2D eigenvalue weighted by Gasteiger charge is 2.79. The standard InChI is InChI=1S/C26H19F8N3O/c1-36-21(16-11-13-18(27)14-12-16)35-24(25(29,30)31,26(32,33)34)23(36)37(2)22(38)17-9-7-15(8-10-17)19-5-3-4-6-20(19)28/h3-14,23H,1-2H3. The summed E-state index contributed by atoms with van der Waals surface area (Å²) in [6.45, 7) is 0. The Balaban J connectivity index is 1.77. The molecule has 3 aromatic carbocycles. The highest BCUT2D eigenvalue weighted by atomic mass is 19.4. The van der Waals surface area contributed by atoms with Gasteiger partial charge in [0.15, 0.2) is 0 Å². The normalized spacial score (nSPS) is 17.4. The monoisotopic (exact) mass is 541 g/mol. The summed E-state index contributed by atoms with van der Waals surface area (Å²) >= 11 is 0. The van der Waals surface area contributed by atoms with Crippen LogP contribution in [0.1, 0.15) is 15.9 Å². The number of benzene rings is 3. The average molecular weight is 541 g/mol. The Morgan fingerprint density at radius 3 is 1.89 bits per heavy atom. The van der Waals surface area contributed by atoms with Crippen molar-refractivity contribution < 1.29 is 39.9 Å². The third-order valence-electron chi connectivity index (χ3n) is 6.33. The van der Waals surface area contributed by atoms with Gasteiger partial charge in [-0.2, -0.15) is 26.3 Å². The molecule has 1 aliphatic heterocycles. The van der Waals surface area contributed by atoms with E-state index in [0.717, 1.165) is 38.4 Å². The van der Waals surface area contributed by atoms with E-state index in [4.69, 9.17) is 0 Å². The van der Waals surface area contributed by atoms with Crippen molar-refractivity contribution in [2.24, 2.45) is 4.99 Å². The molecular weight excluding hydrogens is 522 g/mol. The topological polar surface area (TPSA) is 35.9 Å². The molecule has 200 valence electrons. The van der Waals surface area contributed by atoms with Gasteiger partial charge in [-0.05, 0) is 48.0 Å². The second-order valence-corrected chi connectivity index (χ2v) is 8.66. The van der Waals surface area contributed by atoms with Gasteiger partial charge in [0.25, 0.3) is 11.4 Å². The molecule has 0 fully saturated rings. The summed E-state index contributed by atoms with van der Waals surface area (Å²) in [6, 6.07) is 14.5. The molecular formula is C26H19F8N3O. The molecule has 0 bridgehead atoms. The van der Waals surface area contributed by atoms with Crippen molar-refractivity contribution in [2.45, 2.75) is 24.1 Å². The summed E-state index contributed by atoms with van der Waals surface area (Å²) in [7, 11) is 1.75. The molecule has 3 aromatic rings. The molecule has 1 heterocycles. The maximum atomic E-state index is 14.3. The van der Waals surface area contributed by atoms with Crippen LogP contribution in [-0.2, 0) is 0 Å². The van der Waals surface area contributed by atoms with Crippen LogP contribution in [0, 0.1) is 11.6 Å². The number of rotatable bonds is 4. The third kappa shape index (κ3) is 4.37. The van der Waals surface area contributed by atoms with Gasteiger partial charge in [-0.3, -0.25) is 4.79 Å². The molecule has 0 radical (unpaired) electrons. The zero-order chi connectivity index (χ0) is 28.0. The first kappa shape index (κ1) is 27.1. The van der Waals surface area contributed by atoms with E-state index in [9.17, 15) is 39.9 Å². The Labute approximate surface area is 211 Å². The summed E-state index contributed by atoms with van der Waals surface area (Å²) in [5, 5.41) is 0. The van der Waals surface area contributed by atoms with Crippen molar-refractivity contribution >= 4 is 11.7 Å². The lowest BCUT2D eigenvalue weighted by Crippen LogP contribution is -2.69. The predicted molar refractivity (Wildman–Crippen MR) is 123 cm³/mol. The molecule has 1 amide bonds. The van der Waals surface area contributed by atoms with Crippen molar-refractivity contribution in [1.29, 1.82) is 0 Å². The van der Waals surface area contributed by atoms with Gasteiger partial charge in [-0.15, -0.1) is 0 Å². The molecule has 1 atom stereocenters. The number of amidine groups is 1. The van der Waals surface area contributed by atoms with E-state index < -0.39 is 47.4 Å². The first-order valence-electron chi connectivity index (χ1n) is 11.0.